The van der Waals surface area contributed by atoms with Gasteiger partial charge in [-0.2, -0.15) is 0 Å². The van der Waals surface area contributed by atoms with Crippen molar-refractivity contribution in [2.45, 2.75) is 105 Å². The van der Waals surface area contributed by atoms with Crippen molar-refractivity contribution in [2.24, 2.45) is 46.3 Å². The van der Waals surface area contributed by atoms with E-state index in [0.29, 0.717) is 10.8 Å². The number of rotatable bonds is 5. The lowest BCUT2D eigenvalue weighted by Gasteiger charge is -2.58. The summed E-state index contributed by atoms with van der Waals surface area (Å²) >= 11 is 0. The predicted molar refractivity (Wildman–Crippen MR) is 122 cm³/mol. The van der Waals surface area contributed by atoms with Gasteiger partial charge < -0.3 is 0 Å². The Labute approximate surface area is 179 Å². The van der Waals surface area contributed by atoms with Gasteiger partial charge in [-0.05, 0) is 104 Å². The van der Waals surface area contributed by atoms with Crippen LogP contribution in [0.2, 0.25) is 0 Å². The van der Waals surface area contributed by atoms with E-state index in [4.69, 9.17) is 0 Å². The van der Waals surface area contributed by atoms with Gasteiger partial charge in [0, 0.05) is 6.42 Å². The van der Waals surface area contributed by atoms with Crippen LogP contribution in [-0.2, 0) is 0 Å². The summed E-state index contributed by atoms with van der Waals surface area (Å²) in [6.07, 6.45) is 19.0. The van der Waals surface area contributed by atoms with Crippen molar-refractivity contribution in [3.05, 3.63) is 23.8 Å². The molecule has 0 bridgehead atoms. The Kier molecular flexibility index (Phi) is 6.09. The zero-order valence-corrected chi connectivity index (χ0v) is 19.7. The van der Waals surface area contributed by atoms with Crippen LogP contribution in [0.1, 0.15) is 98.8 Å². The van der Waals surface area contributed by atoms with Crippen molar-refractivity contribution in [3.63, 3.8) is 0 Å². The standard InChI is InChI=1S/C28H45F/c1-6-20(19(2)3)8-7-9-21-11-13-25-24-12-10-22-18-23(29)14-16-28(22,5)26(24)15-17-27(21,25)4/h7-8,10,19-21,23-26H,6,9,11-18H2,1-5H3/b8-7+/t20?,21?,23?,24?,25?,26?,27?,28-/m0/s1. The SMILES string of the molecule is CCC(/C=C/CC1CCC2C3CC=C4CC(F)CC[C@]4(C)C3CCC12C)C(C)C. The highest BCUT2D eigenvalue weighted by molar-refractivity contribution is 5.25. The number of hydrogen-bond donors (Lipinski definition) is 0. The van der Waals surface area contributed by atoms with E-state index >= 15 is 0 Å². The number of fused-ring (bicyclic) bond motifs is 5. The van der Waals surface area contributed by atoms with Crippen molar-refractivity contribution < 1.29 is 4.39 Å². The molecule has 0 heterocycles. The zero-order chi connectivity index (χ0) is 20.8. The van der Waals surface area contributed by atoms with Gasteiger partial charge in [0.2, 0.25) is 0 Å². The van der Waals surface area contributed by atoms with Crippen LogP contribution in [-0.4, -0.2) is 6.17 Å². The molecule has 0 aliphatic heterocycles. The van der Waals surface area contributed by atoms with Crippen molar-refractivity contribution in [1.29, 1.82) is 0 Å². The highest BCUT2D eigenvalue weighted by Crippen LogP contribution is 2.66. The molecule has 4 rings (SSSR count). The molecule has 0 aromatic heterocycles. The van der Waals surface area contributed by atoms with Crippen LogP contribution < -0.4 is 0 Å². The smallest absolute Gasteiger partial charge is 0.104 e. The Hall–Kier alpha value is -0.590. The summed E-state index contributed by atoms with van der Waals surface area (Å²) in [5.41, 5.74) is 2.32. The summed E-state index contributed by atoms with van der Waals surface area (Å²) in [5.74, 6) is 4.92. The highest BCUT2D eigenvalue weighted by Gasteiger charge is 2.58. The minimum Gasteiger partial charge on any atom is -0.247 e. The second kappa shape index (κ2) is 8.16. The first-order valence-electron chi connectivity index (χ1n) is 12.8. The fraction of sp³-hybridized carbons (Fsp3) is 0.857. The van der Waals surface area contributed by atoms with Gasteiger partial charge in [0.15, 0.2) is 0 Å². The molecular weight excluding hydrogens is 355 g/mol. The second-order valence-electron chi connectivity index (χ2n) is 11.9. The lowest BCUT2D eigenvalue weighted by Crippen LogP contribution is -2.50. The maximum atomic E-state index is 14.1. The molecule has 1 heteroatoms. The molecule has 4 aliphatic rings. The molecule has 0 nitrogen and oxygen atoms in total. The van der Waals surface area contributed by atoms with E-state index in [1.165, 1.54) is 50.5 Å². The van der Waals surface area contributed by atoms with Crippen LogP contribution >= 0.6 is 0 Å². The van der Waals surface area contributed by atoms with Crippen molar-refractivity contribution in [2.75, 3.05) is 0 Å². The minimum atomic E-state index is -0.583. The summed E-state index contributed by atoms with van der Waals surface area (Å²) in [4.78, 5) is 0. The van der Waals surface area contributed by atoms with Crippen LogP contribution in [0, 0.1) is 46.3 Å². The van der Waals surface area contributed by atoms with Gasteiger partial charge >= 0.3 is 0 Å². The van der Waals surface area contributed by atoms with Gasteiger partial charge in [0.05, 0.1) is 0 Å². The second-order valence-corrected chi connectivity index (χ2v) is 11.9. The monoisotopic (exact) mass is 400 g/mol. The predicted octanol–water partition coefficient (Wildman–Crippen LogP) is 8.53. The van der Waals surface area contributed by atoms with Crippen LogP contribution in [0.4, 0.5) is 4.39 Å². The largest absolute Gasteiger partial charge is 0.247 e. The van der Waals surface area contributed by atoms with E-state index in [-0.39, 0.29) is 0 Å². The van der Waals surface area contributed by atoms with E-state index in [1.54, 1.807) is 0 Å². The number of halogens is 1. The maximum absolute atomic E-state index is 14.1. The summed E-state index contributed by atoms with van der Waals surface area (Å²) in [6, 6.07) is 0. The Morgan fingerprint density at radius 2 is 1.90 bits per heavy atom. The fourth-order valence-corrected chi connectivity index (χ4v) is 8.36. The first-order chi connectivity index (χ1) is 13.8. The topological polar surface area (TPSA) is 0 Å². The maximum Gasteiger partial charge on any atom is 0.104 e. The molecule has 0 aromatic carbocycles. The minimum absolute atomic E-state index is 0.302. The van der Waals surface area contributed by atoms with E-state index in [9.17, 15) is 4.39 Å². The van der Waals surface area contributed by atoms with E-state index in [1.807, 2.05) is 0 Å². The third-order valence-corrected chi connectivity index (χ3v) is 10.4. The van der Waals surface area contributed by atoms with Gasteiger partial charge in [-0.15, -0.1) is 0 Å². The molecule has 7 unspecified atom stereocenters. The first kappa shape index (κ1) is 21.6. The quantitative estimate of drug-likeness (QED) is 0.406. The number of allylic oxidation sites excluding steroid dienone is 4. The number of alkyl halides is 1. The van der Waals surface area contributed by atoms with Crippen molar-refractivity contribution >= 4 is 0 Å². The highest BCUT2D eigenvalue weighted by atomic mass is 19.1. The molecule has 0 radical (unpaired) electrons. The summed E-state index contributed by atoms with van der Waals surface area (Å²) in [7, 11) is 0. The van der Waals surface area contributed by atoms with Crippen LogP contribution in [0.25, 0.3) is 0 Å². The fourth-order valence-electron chi connectivity index (χ4n) is 8.36. The van der Waals surface area contributed by atoms with Gasteiger partial charge in [0.25, 0.3) is 0 Å². The lowest BCUT2D eigenvalue weighted by molar-refractivity contribution is -0.0449. The normalized spacial score (nSPS) is 45.6. The zero-order valence-electron chi connectivity index (χ0n) is 19.7. The Bertz CT molecular complexity index is 645. The van der Waals surface area contributed by atoms with Gasteiger partial charge in [0.1, 0.15) is 6.17 Å². The van der Waals surface area contributed by atoms with E-state index in [0.717, 1.165) is 54.8 Å². The molecule has 0 aromatic rings. The molecular formula is C28H45F. The average Bonchev–Trinajstić information content (AvgIpc) is 3.02. The molecule has 3 fully saturated rings. The van der Waals surface area contributed by atoms with Crippen molar-refractivity contribution in [3.8, 4) is 0 Å². The van der Waals surface area contributed by atoms with Gasteiger partial charge in [-0.3, -0.25) is 0 Å². The molecule has 3 saturated carbocycles. The average molecular weight is 401 g/mol. The molecule has 164 valence electrons. The first-order valence-corrected chi connectivity index (χ1v) is 12.8. The Morgan fingerprint density at radius 3 is 2.62 bits per heavy atom. The molecule has 8 atom stereocenters. The third-order valence-electron chi connectivity index (χ3n) is 10.4. The Balaban J connectivity index is 1.48. The van der Waals surface area contributed by atoms with Crippen LogP contribution in [0.15, 0.2) is 23.8 Å². The van der Waals surface area contributed by atoms with Crippen LogP contribution in [0.3, 0.4) is 0 Å². The molecule has 0 saturated heterocycles. The van der Waals surface area contributed by atoms with Crippen LogP contribution in [0.5, 0.6) is 0 Å². The molecule has 29 heavy (non-hydrogen) atoms. The lowest BCUT2D eigenvalue weighted by atomic mass is 9.47. The number of hydrogen-bond acceptors (Lipinski definition) is 0. The third kappa shape index (κ3) is 3.67. The Morgan fingerprint density at radius 1 is 1.10 bits per heavy atom. The summed E-state index contributed by atoms with van der Waals surface area (Å²) in [5, 5.41) is 0. The molecule has 4 aliphatic carbocycles. The summed E-state index contributed by atoms with van der Waals surface area (Å²) < 4.78 is 14.1. The van der Waals surface area contributed by atoms with E-state index in [2.05, 4.69) is 52.8 Å². The van der Waals surface area contributed by atoms with E-state index < -0.39 is 6.17 Å². The van der Waals surface area contributed by atoms with Gasteiger partial charge in [-0.1, -0.05) is 58.4 Å². The van der Waals surface area contributed by atoms with Crippen molar-refractivity contribution in [1.82, 2.24) is 0 Å². The van der Waals surface area contributed by atoms with Gasteiger partial charge in [-0.25, -0.2) is 4.39 Å². The molecule has 0 amide bonds. The summed E-state index contributed by atoms with van der Waals surface area (Å²) in [6.45, 7) is 12.2. The molecule has 0 N–H and O–H groups in total. The molecule has 0 spiro atoms.